The molecule has 1 aliphatic carbocycles. The minimum Gasteiger partial charge on any atom is -0.482 e. The van der Waals surface area contributed by atoms with Gasteiger partial charge in [0.05, 0.1) is 22.9 Å². The Morgan fingerprint density at radius 2 is 1.97 bits per heavy atom. The van der Waals surface area contributed by atoms with Crippen LogP contribution in [0.3, 0.4) is 0 Å². The topological polar surface area (TPSA) is 79.3 Å². The van der Waals surface area contributed by atoms with Crippen LogP contribution in [0.25, 0.3) is 0 Å². The van der Waals surface area contributed by atoms with Crippen molar-refractivity contribution in [1.82, 2.24) is 4.90 Å². The van der Waals surface area contributed by atoms with Crippen LogP contribution in [0.1, 0.15) is 37.5 Å². The molecule has 2 heterocycles. The zero-order valence-corrected chi connectivity index (χ0v) is 20.1. The number of cyclic esters (lactones) is 1. The number of fused-ring (bicyclic) bond motifs is 1. The fourth-order valence-corrected chi connectivity index (χ4v) is 5.26. The lowest BCUT2D eigenvalue weighted by atomic mass is 10.1. The number of β-amino-alcohol motifs (C(OH)–C–C–N with tert-alkyl or cyclic N) is 1. The molecule has 2 aromatic rings. The number of anilines is 1. The maximum absolute atomic E-state index is 14.8. The monoisotopic (exact) mass is 508 g/mol. The summed E-state index contributed by atoms with van der Waals surface area (Å²) in [7, 11) is 0. The third kappa shape index (κ3) is 3.92. The highest BCUT2D eigenvalue weighted by atomic mass is 35.5. The molecule has 10 heteroatoms. The second-order valence-electron chi connectivity index (χ2n) is 9.34. The predicted molar refractivity (Wildman–Crippen MR) is 124 cm³/mol. The Hall–Kier alpha value is -2.39. The lowest BCUT2D eigenvalue weighted by Crippen LogP contribution is -2.39. The van der Waals surface area contributed by atoms with Gasteiger partial charge in [-0.15, -0.1) is 0 Å². The highest BCUT2D eigenvalue weighted by Crippen LogP contribution is 2.44. The van der Waals surface area contributed by atoms with E-state index < -0.39 is 35.6 Å². The van der Waals surface area contributed by atoms with E-state index >= 15 is 0 Å². The number of imide groups is 1. The first-order valence-corrected chi connectivity index (χ1v) is 11.7. The van der Waals surface area contributed by atoms with Gasteiger partial charge in [-0.1, -0.05) is 23.2 Å². The van der Waals surface area contributed by atoms with Gasteiger partial charge in [-0.3, -0.25) is 9.69 Å². The number of likely N-dealkylation sites (tertiary alicyclic amines) is 1. The molecule has 7 nitrogen and oxygen atoms in total. The smallest absolute Gasteiger partial charge is 0.422 e. The average molecular weight is 509 g/mol. The first kappa shape index (κ1) is 23.4. The van der Waals surface area contributed by atoms with Crippen LogP contribution in [-0.2, 0) is 16.0 Å². The Bertz CT molecular complexity index is 1190. The third-order valence-electron chi connectivity index (χ3n) is 6.60. The number of halogens is 3. The van der Waals surface area contributed by atoms with Crippen molar-refractivity contribution in [1.29, 1.82) is 0 Å². The highest BCUT2D eigenvalue weighted by Gasteiger charge is 2.48. The number of carbonyl (C=O) groups excluding carboxylic acids is 2. The van der Waals surface area contributed by atoms with Crippen LogP contribution >= 0.6 is 23.2 Å². The van der Waals surface area contributed by atoms with E-state index in [1.807, 2.05) is 0 Å². The first-order valence-electron chi connectivity index (χ1n) is 11.0. The number of aliphatic hydroxyl groups excluding tert-OH is 1. The quantitative estimate of drug-likeness (QED) is 0.654. The van der Waals surface area contributed by atoms with E-state index in [2.05, 4.69) is 4.90 Å². The van der Waals surface area contributed by atoms with E-state index in [-0.39, 0.29) is 27.5 Å². The summed E-state index contributed by atoms with van der Waals surface area (Å²) in [4.78, 5) is 28.1. The van der Waals surface area contributed by atoms with Gasteiger partial charge in [0.2, 0.25) is 0 Å². The summed E-state index contributed by atoms with van der Waals surface area (Å²) in [5.41, 5.74) is 0.0883. The van der Waals surface area contributed by atoms with Crippen LogP contribution in [0.15, 0.2) is 30.3 Å². The van der Waals surface area contributed by atoms with Crippen LogP contribution in [0, 0.1) is 5.82 Å². The molecule has 3 aliphatic rings. The Morgan fingerprint density at radius 1 is 1.21 bits per heavy atom. The first-order chi connectivity index (χ1) is 16.0. The van der Waals surface area contributed by atoms with Gasteiger partial charge in [-0.2, -0.15) is 0 Å². The number of hydrogen-bond acceptors (Lipinski definition) is 6. The lowest BCUT2D eigenvalue weighted by molar-refractivity contribution is -0.127. The predicted octanol–water partition coefficient (Wildman–Crippen LogP) is 4.51. The van der Waals surface area contributed by atoms with Gasteiger partial charge in [0.25, 0.3) is 5.91 Å². The van der Waals surface area contributed by atoms with Crippen LogP contribution < -0.4 is 9.64 Å². The molecule has 0 spiro atoms. The summed E-state index contributed by atoms with van der Waals surface area (Å²) in [5, 5.41) is 10.6. The molecular weight excluding hydrogens is 486 g/mol. The van der Waals surface area contributed by atoms with Crippen molar-refractivity contribution >= 4 is 40.9 Å². The largest absolute Gasteiger partial charge is 0.482 e. The summed E-state index contributed by atoms with van der Waals surface area (Å²) in [6.45, 7) is 4.13. The van der Waals surface area contributed by atoms with Crippen molar-refractivity contribution in [3.63, 3.8) is 0 Å². The molecule has 0 saturated carbocycles. The van der Waals surface area contributed by atoms with E-state index in [1.165, 1.54) is 38.1 Å². The number of rotatable bonds is 4. The molecule has 1 unspecified atom stereocenters. The number of benzene rings is 2. The molecule has 2 aromatic carbocycles. The van der Waals surface area contributed by atoms with Gasteiger partial charge in [0.1, 0.15) is 17.7 Å². The van der Waals surface area contributed by atoms with Gasteiger partial charge >= 0.3 is 6.09 Å². The fourth-order valence-electron chi connectivity index (χ4n) is 4.89. The Kier molecular flexibility index (Phi) is 5.75. The van der Waals surface area contributed by atoms with E-state index in [9.17, 15) is 19.1 Å². The number of aliphatic hydroxyl groups is 1. The molecule has 2 fully saturated rings. The second kappa shape index (κ2) is 8.37. The molecule has 0 bridgehead atoms. The van der Waals surface area contributed by atoms with Crippen molar-refractivity contribution in [2.24, 2.45) is 0 Å². The Balaban J connectivity index is 1.52. The summed E-state index contributed by atoms with van der Waals surface area (Å²) < 4.78 is 26.3. The van der Waals surface area contributed by atoms with Gasteiger partial charge in [0, 0.05) is 29.7 Å². The molecule has 2 saturated heterocycles. The van der Waals surface area contributed by atoms with Crippen LogP contribution in [0.5, 0.6) is 5.75 Å². The van der Waals surface area contributed by atoms with Crippen molar-refractivity contribution < 1.29 is 28.6 Å². The molecule has 2 amide bonds. The average Bonchev–Trinajstić information content (AvgIpc) is 3.39. The van der Waals surface area contributed by atoms with Crippen molar-refractivity contribution in [3.05, 3.63) is 57.3 Å². The number of ether oxygens (including phenoxy) is 2. The van der Waals surface area contributed by atoms with Gasteiger partial charge in [-0.25, -0.2) is 14.1 Å². The zero-order valence-electron chi connectivity index (χ0n) is 18.6. The summed E-state index contributed by atoms with van der Waals surface area (Å²) >= 11 is 12.6. The number of hydrogen-bond donors (Lipinski definition) is 1. The van der Waals surface area contributed by atoms with Crippen molar-refractivity contribution in [2.75, 3.05) is 18.0 Å². The Morgan fingerprint density at radius 3 is 2.62 bits per heavy atom. The van der Waals surface area contributed by atoms with Gasteiger partial charge in [0.15, 0.2) is 5.60 Å². The fraction of sp³-hybridized carbons (Fsp3) is 0.417. The van der Waals surface area contributed by atoms with E-state index in [4.69, 9.17) is 32.7 Å². The summed E-state index contributed by atoms with van der Waals surface area (Å²) in [6.07, 6.45) is -0.863. The molecule has 5 rings (SSSR count). The zero-order chi connectivity index (χ0) is 24.4. The molecule has 0 radical (unpaired) electrons. The summed E-state index contributed by atoms with van der Waals surface area (Å²) in [6, 6.07) is 7.26. The molecule has 180 valence electrons. The molecule has 0 aromatic heterocycles. The molecule has 3 atom stereocenters. The summed E-state index contributed by atoms with van der Waals surface area (Å²) in [5.74, 6) is -0.687. The lowest BCUT2D eigenvalue weighted by Gasteiger charge is -2.30. The van der Waals surface area contributed by atoms with Crippen molar-refractivity contribution in [3.8, 4) is 5.75 Å². The standard InChI is InChI=1S/C24H23Cl2FN2O5/c1-24(2)22(31)29(23(32)34-24)13-3-4-17(26)20(9-13)33-21-16-7-12(25)8-18(27)15(16)10-19(21)28-6-5-14(30)11-28/h3-4,7-9,14,19,21,30H,5-6,10-11H2,1-2H3/t14?,19-,21-/m0/s1. The third-order valence-corrected chi connectivity index (χ3v) is 7.13. The van der Waals surface area contributed by atoms with E-state index in [0.717, 1.165) is 4.90 Å². The van der Waals surface area contributed by atoms with E-state index in [1.54, 1.807) is 6.07 Å². The molecular formula is C24H23Cl2FN2O5. The molecule has 2 aliphatic heterocycles. The SMILES string of the molecule is CC1(C)OC(=O)N(c2ccc(Cl)c(O[C@H]3c4cc(Cl)cc(F)c4C[C@@H]3N3CCC(O)C3)c2)C1=O. The van der Waals surface area contributed by atoms with Gasteiger partial charge < -0.3 is 14.6 Å². The van der Waals surface area contributed by atoms with Crippen LogP contribution in [0.4, 0.5) is 14.9 Å². The number of amides is 2. The maximum Gasteiger partial charge on any atom is 0.422 e. The minimum atomic E-state index is -1.28. The molecule has 1 N–H and O–H groups in total. The van der Waals surface area contributed by atoms with Crippen molar-refractivity contribution in [2.45, 2.75) is 50.5 Å². The second-order valence-corrected chi connectivity index (χ2v) is 10.2. The van der Waals surface area contributed by atoms with Crippen LogP contribution in [-0.4, -0.2) is 52.8 Å². The highest BCUT2D eigenvalue weighted by molar-refractivity contribution is 6.32. The normalized spacial score (nSPS) is 26.2. The minimum absolute atomic E-state index is 0.229. The maximum atomic E-state index is 14.8. The molecule has 34 heavy (non-hydrogen) atoms. The van der Waals surface area contributed by atoms with Gasteiger partial charge in [-0.05, 0) is 56.5 Å². The Labute approximate surface area is 205 Å². The number of carbonyl (C=O) groups is 2. The van der Waals surface area contributed by atoms with E-state index in [0.29, 0.717) is 37.1 Å². The van der Waals surface area contributed by atoms with Crippen LogP contribution in [0.2, 0.25) is 10.0 Å². The number of nitrogens with zero attached hydrogens (tertiary/aromatic N) is 2.